The minimum Gasteiger partial charge on any atom is -0.481 e. The minimum absolute atomic E-state index is 0.0157. The molecule has 0 saturated heterocycles. The van der Waals surface area contributed by atoms with Crippen LogP contribution in [0, 0.1) is 0 Å². The number of carboxylic acids is 1. The number of carbonyl (C=O) groups excluding carboxylic acids is 1. The van der Waals surface area contributed by atoms with Gasteiger partial charge in [-0.05, 0) is 47.6 Å². The summed E-state index contributed by atoms with van der Waals surface area (Å²) in [4.78, 5) is 23.6. The van der Waals surface area contributed by atoms with Gasteiger partial charge in [-0.2, -0.15) is 0 Å². The lowest BCUT2D eigenvalue weighted by atomic mass is 9.76. The highest BCUT2D eigenvalue weighted by molar-refractivity contribution is 5.89. The van der Waals surface area contributed by atoms with Crippen LogP contribution >= 0.6 is 0 Å². The number of rotatable bonds is 5. The molecule has 1 atom stereocenters. The van der Waals surface area contributed by atoms with E-state index in [-0.39, 0.29) is 5.41 Å². The Morgan fingerprint density at radius 2 is 1.38 bits per heavy atom. The number of carbonyl (C=O) groups is 2. The first kappa shape index (κ1) is 19.7. The van der Waals surface area contributed by atoms with Crippen LogP contribution in [-0.2, 0) is 26.8 Å². The van der Waals surface area contributed by atoms with Crippen LogP contribution in [0.5, 0.6) is 0 Å². The number of ether oxygens (including phenoxy) is 1. The molecule has 0 bridgehead atoms. The molecule has 2 rings (SSSR count). The summed E-state index contributed by atoms with van der Waals surface area (Å²) in [5.41, 5.74) is 2.18. The quantitative estimate of drug-likeness (QED) is 0.811. The minimum atomic E-state index is -1.05. The van der Waals surface area contributed by atoms with Crippen LogP contribution in [0.1, 0.15) is 54.7 Å². The van der Waals surface area contributed by atoms with Crippen molar-refractivity contribution in [2.24, 2.45) is 0 Å². The third-order valence-corrected chi connectivity index (χ3v) is 4.79. The predicted molar refractivity (Wildman–Crippen MR) is 102 cm³/mol. The standard InChI is InChI=1S/C22H26O4/c1-21(2,3)17-10-12-18(13-11-17)22(4,20(24)25)14-15-6-8-16(9-7-15)19(23)26-5/h6-13H,14H2,1-5H3,(H,24,25). The maximum atomic E-state index is 12.1. The molecule has 0 spiro atoms. The zero-order valence-electron chi connectivity index (χ0n) is 16.0. The molecule has 0 radical (unpaired) electrons. The van der Waals surface area contributed by atoms with Crippen LogP contribution in [0.2, 0.25) is 0 Å². The van der Waals surface area contributed by atoms with Gasteiger partial charge in [0, 0.05) is 0 Å². The monoisotopic (exact) mass is 354 g/mol. The van der Waals surface area contributed by atoms with Crippen LogP contribution in [0.15, 0.2) is 48.5 Å². The van der Waals surface area contributed by atoms with E-state index >= 15 is 0 Å². The molecule has 1 N–H and O–H groups in total. The summed E-state index contributed by atoms with van der Waals surface area (Å²) in [6.45, 7) is 8.11. The van der Waals surface area contributed by atoms with Crippen molar-refractivity contribution in [3.05, 3.63) is 70.8 Å². The van der Waals surface area contributed by atoms with Crippen LogP contribution < -0.4 is 0 Å². The van der Waals surface area contributed by atoms with E-state index in [2.05, 4.69) is 20.8 Å². The van der Waals surface area contributed by atoms with Gasteiger partial charge in [0.1, 0.15) is 0 Å². The van der Waals surface area contributed by atoms with Gasteiger partial charge in [0.2, 0.25) is 0 Å². The van der Waals surface area contributed by atoms with Crippen molar-refractivity contribution in [2.75, 3.05) is 7.11 Å². The molecule has 0 fully saturated rings. The van der Waals surface area contributed by atoms with E-state index in [4.69, 9.17) is 4.74 Å². The Kier molecular flexibility index (Phi) is 5.55. The zero-order valence-corrected chi connectivity index (χ0v) is 16.0. The van der Waals surface area contributed by atoms with Crippen LogP contribution in [-0.4, -0.2) is 24.2 Å². The summed E-state index contributed by atoms with van der Waals surface area (Å²) in [5, 5.41) is 9.88. The molecular weight excluding hydrogens is 328 g/mol. The van der Waals surface area contributed by atoms with Crippen molar-refractivity contribution in [1.29, 1.82) is 0 Å². The SMILES string of the molecule is COC(=O)c1ccc(CC(C)(C(=O)O)c2ccc(C(C)(C)C)cc2)cc1. The molecule has 138 valence electrons. The Hall–Kier alpha value is -2.62. The molecule has 0 aromatic heterocycles. The van der Waals surface area contributed by atoms with Gasteiger partial charge in [0.25, 0.3) is 0 Å². The third-order valence-electron chi connectivity index (χ3n) is 4.79. The van der Waals surface area contributed by atoms with Gasteiger partial charge in [-0.1, -0.05) is 57.2 Å². The van der Waals surface area contributed by atoms with E-state index in [9.17, 15) is 14.7 Å². The Morgan fingerprint density at radius 3 is 1.81 bits per heavy atom. The highest BCUT2D eigenvalue weighted by atomic mass is 16.5. The molecule has 4 heteroatoms. The van der Waals surface area contributed by atoms with Crippen LogP contribution in [0.3, 0.4) is 0 Å². The molecular formula is C22H26O4. The van der Waals surface area contributed by atoms with E-state index in [1.165, 1.54) is 7.11 Å². The molecule has 0 aliphatic heterocycles. The Bertz CT molecular complexity index is 782. The number of esters is 1. The smallest absolute Gasteiger partial charge is 0.337 e. The molecule has 0 heterocycles. The molecule has 0 saturated carbocycles. The first-order valence-electron chi connectivity index (χ1n) is 8.59. The second-order valence-corrected chi connectivity index (χ2v) is 7.83. The highest BCUT2D eigenvalue weighted by Gasteiger charge is 2.35. The largest absolute Gasteiger partial charge is 0.481 e. The fourth-order valence-electron chi connectivity index (χ4n) is 2.92. The van der Waals surface area contributed by atoms with Crippen molar-refractivity contribution in [3.8, 4) is 0 Å². The summed E-state index contributed by atoms with van der Waals surface area (Å²) in [5.74, 6) is -1.28. The van der Waals surface area contributed by atoms with Crippen LogP contribution in [0.25, 0.3) is 0 Å². The maximum absolute atomic E-state index is 12.1. The number of hydrogen-bond acceptors (Lipinski definition) is 3. The van der Waals surface area contributed by atoms with Gasteiger partial charge >= 0.3 is 11.9 Å². The van der Waals surface area contributed by atoms with E-state index in [1.807, 2.05) is 24.3 Å². The summed E-state index contributed by atoms with van der Waals surface area (Å²) in [7, 11) is 1.33. The van der Waals surface area contributed by atoms with Gasteiger partial charge in [0.15, 0.2) is 0 Å². The topological polar surface area (TPSA) is 63.6 Å². The molecule has 0 aliphatic rings. The molecule has 0 amide bonds. The average Bonchev–Trinajstić information content (AvgIpc) is 2.60. The average molecular weight is 354 g/mol. The number of methoxy groups -OCH3 is 1. The van der Waals surface area contributed by atoms with Crippen molar-refractivity contribution >= 4 is 11.9 Å². The Balaban J connectivity index is 2.32. The lowest BCUT2D eigenvalue weighted by Crippen LogP contribution is -2.35. The van der Waals surface area contributed by atoms with Crippen molar-refractivity contribution in [2.45, 2.75) is 44.9 Å². The first-order chi connectivity index (χ1) is 12.1. The van der Waals surface area contributed by atoms with Gasteiger partial charge in [-0.25, -0.2) is 4.79 Å². The predicted octanol–water partition coefficient (Wildman–Crippen LogP) is 4.36. The lowest BCUT2D eigenvalue weighted by Gasteiger charge is -2.27. The Morgan fingerprint density at radius 1 is 0.885 bits per heavy atom. The maximum Gasteiger partial charge on any atom is 0.337 e. The number of aliphatic carboxylic acids is 1. The van der Waals surface area contributed by atoms with Gasteiger partial charge in [-0.3, -0.25) is 4.79 Å². The molecule has 2 aromatic carbocycles. The summed E-state index contributed by atoms with van der Waals surface area (Å²) in [6.07, 6.45) is 0.332. The van der Waals surface area contributed by atoms with Gasteiger partial charge in [-0.15, -0.1) is 0 Å². The van der Waals surface area contributed by atoms with Crippen molar-refractivity contribution in [1.82, 2.24) is 0 Å². The van der Waals surface area contributed by atoms with E-state index in [1.54, 1.807) is 31.2 Å². The third kappa shape index (κ3) is 4.13. The molecule has 26 heavy (non-hydrogen) atoms. The first-order valence-corrected chi connectivity index (χ1v) is 8.59. The Labute approximate surface area is 154 Å². The second-order valence-electron chi connectivity index (χ2n) is 7.83. The summed E-state index contributed by atoms with van der Waals surface area (Å²) in [6, 6.07) is 14.7. The highest BCUT2D eigenvalue weighted by Crippen LogP contribution is 2.31. The van der Waals surface area contributed by atoms with Gasteiger partial charge < -0.3 is 9.84 Å². The normalized spacial score (nSPS) is 13.7. The summed E-state index contributed by atoms with van der Waals surface area (Å²) < 4.78 is 4.69. The fraction of sp³-hybridized carbons (Fsp3) is 0.364. The van der Waals surface area contributed by atoms with Crippen LogP contribution in [0.4, 0.5) is 0 Å². The van der Waals surface area contributed by atoms with E-state index < -0.39 is 17.4 Å². The second kappa shape index (κ2) is 7.32. The number of hydrogen-bond donors (Lipinski definition) is 1. The zero-order chi connectivity index (χ0) is 19.5. The number of benzene rings is 2. The molecule has 2 aromatic rings. The fourth-order valence-corrected chi connectivity index (χ4v) is 2.92. The molecule has 4 nitrogen and oxygen atoms in total. The summed E-state index contributed by atoms with van der Waals surface area (Å²) >= 11 is 0. The lowest BCUT2D eigenvalue weighted by molar-refractivity contribution is -0.143. The molecule has 1 unspecified atom stereocenters. The molecule has 0 aliphatic carbocycles. The van der Waals surface area contributed by atoms with E-state index in [0.717, 1.165) is 16.7 Å². The number of carboxylic acid groups (broad SMARTS) is 1. The van der Waals surface area contributed by atoms with Crippen molar-refractivity contribution in [3.63, 3.8) is 0 Å². The van der Waals surface area contributed by atoms with Gasteiger partial charge in [0.05, 0.1) is 18.1 Å². The van der Waals surface area contributed by atoms with Crippen molar-refractivity contribution < 1.29 is 19.4 Å². The van der Waals surface area contributed by atoms with E-state index in [0.29, 0.717) is 12.0 Å².